The summed E-state index contributed by atoms with van der Waals surface area (Å²) in [6.45, 7) is 0. The molecule has 0 aliphatic rings. The van der Waals surface area contributed by atoms with Crippen LogP contribution in [0.4, 0.5) is 0 Å². The summed E-state index contributed by atoms with van der Waals surface area (Å²) >= 11 is -3.29. The van der Waals surface area contributed by atoms with E-state index in [4.69, 9.17) is 12.2 Å². The van der Waals surface area contributed by atoms with Gasteiger partial charge in [-0.1, -0.05) is 0 Å². The van der Waals surface area contributed by atoms with E-state index < -0.39 is 14.5 Å². The average Bonchev–Trinajstić information content (AvgIpc) is 0.811. The van der Waals surface area contributed by atoms with Crippen molar-refractivity contribution in [3.05, 3.63) is 0 Å². The molecule has 3 nitrogen and oxygen atoms in total. The molecule has 0 aromatic carbocycles. The molecule has 0 spiro atoms. The fraction of sp³-hybridized carbons (Fsp3) is 0. The van der Waals surface area contributed by atoms with Crippen molar-refractivity contribution >= 4 is 95.4 Å². The minimum absolute atomic E-state index is 0. The van der Waals surface area contributed by atoms with Gasteiger partial charge in [0.1, 0.15) is 0 Å². The van der Waals surface area contributed by atoms with Crippen LogP contribution in [0.2, 0.25) is 0 Å². The van der Waals surface area contributed by atoms with Gasteiger partial charge in [-0.2, -0.15) is 0 Å². The summed E-state index contributed by atoms with van der Waals surface area (Å²) in [5.74, 6) is 0. The Morgan fingerprint density at radius 2 is 1.33 bits per heavy atom. The van der Waals surface area contributed by atoms with Crippen LogP contribution in [0.1, 0.15) is 0 Å². The average molecular weight is 193 g/mol. The minimum atomic E-state index is -3.29. The molecule has 0 fully saturated rings. The van der Waals surface area contributed by atoms with Gasteiger partial charge in [0, 0.05) is 0 Å². The van der Waals surface area contributed by atoms with Gasteiger partial charge in [0.15, 0.2) is 0 Å². The second-order valence-corrected chi connectivity index (χ2v) is 1.20. The van der Waals surface area contributed by atoms with E-state index in [0.29, 0.717) is 0 Å². The second kappa shape index (κ2) is 10.8. The summed E-state index contributed by atoms with van der Waals surface area (Å²) in [5.41, 5.74) is 0. The fourth-order valence-electron chi connectivity index (χ4n) is 0. The third-order valence-electron chi connectivity index (χ3n) is 0. The number of rotatable bonds is 0. The van der Waals surface area contributed by atoms with Gasteiger partial charge in [0.2, 0.25) is 0 Å². The van der Waals surface area contributed by atoms with Crippen LogP contribution in [-0.2, 0) is 3.83 Å². The molecule has 0 radical (unpaired) electrons. The molecule has 0 bridgehead atoms. The van der Waals surface area contributed by atoms with Gasteiger partial charge in [-0.05, 0) is 0 Å². The summed E-state index contributed by atoms with van der Waals surface area (Å²) in [6, 6.07) is 0. The molecule has 0 saturated heterocycles. The van der Waals surface area contributed by atoms with E-state index in [0.717, 1.165) is 0 Å². The second-order valence-electron chi connectivity index (χ2n) is 0.231. The van der Waals surface area contributed by atoms with Gasteiger partial charge in [-0.3, -0.25) is 0 Å². The first kappa shape index (κ1) is 15.9. The Labute approximate surface area is 105 Å². The molecule has 0 aliphatic carbocycles. The van der Waals surface area contributed by atoms with Crippen molar-refractivity contribution < 1.29 is 12.2 Å². The van der Waals surface area contributed by atoms with Crippen molar-refractivity contribution in [1.29, 1.82) is 0 Å². The van der Waals surface area contributed by atoms with Gasteiger partial charge >= 0.3 is 108 Å². The molecule has 0 unspecified atom stereocenters. The topological polar surface area (TPSA) is 57.5 Å². The Morgan fingerprint density at radius 3 is 1.33 bits per heavy atom. The van der Waals surface area contributed by atoms with Crippen molar-refractivity contribution in [2.45, 2.75) is 0 Å². The molecule has 0 atom stereocenters. The monoisotopic (exact) mass is 194 g/mol. The van der Waals surface area contributed by atoms with Crippen molar-refractivity contribution in [3.8, 4) is 0 Å². The van der Waals surface area contributed by atoms with E-state index in [9.17, 15) is 0 Å². The fourth-order valence-corrected chi connectivity index (χ4v) is 0. The molecule has 0 saturated carbocycles. The first-order valence-electron chi connectivity index (χ1n) is 0.532. The molecule has 0 aliphatic heterocycles. The zero-order valence-corrected chi connectivity index (χ0v) is 3.42. The molecule has 0 heterocycles. The van der Waals surface area contributed by atoms with Crippen molar-refractivity contribution in [2.75, 3.05) is 0 Å². The molecule has 0 aromatic heterocycles. The summed E-state index contributed by atoms with van der Waals surface area (Å²) < 4.78 is 23.1. The van der Waals surface area contributed by atoms with E-state index >= 15 is 0 Å². The summed E-state index contributed by atoms with van der Waals surface area (Å²) in [5, 5.41) is 0. The molecule has 0 rings (SSSR count). The van der Waals surface area contributed by atoms with Crippen LogP contribution in [0.5, 0.6) is 0 Å². The molecular weight excluding hydrogens is 189 g/mol. The molecule has 6 heavy (non-hydrogen) atoms. The predicted molar refractivity (Wildman–Crippen MR) is 25.2 cm³/mol. The van der Waals surface area contributed by atoms with Crippen molar-refractivity contribution in [2.24, 2.45) is 0 Å². The van der Waals surface area contributed by atoms with Crippen LogP contribution >= 0.6 is 0 Å². The van der Waals surface area contributed by atoms with Crippen molar-refractivity contribution in [3.63, 3.8) is 0 Å². The Morgan fingerprint density at radius 1 is 1.33 bits per heavy atom. The van der Waals surface area contributed by atoms with Crippen LogP contribution in [0, 0.1) is 0 Å². The third kappa shape index (κ3) is 28.7. The van der Waals surface area contributed by atoms with Crippen LogP contribution in [-0.4, -0.2) is 104 Å². The summed E-state index contributed by atoms with van der Waals surface area (Å²) in [7, 11) is 0. The molecule has 2 N–H and O–H groups in total. The van der Waals surface area contributed by atoms with Gasteiger partial charge in [-0.25, -0.2) is 0 Å². The molecular formula is H4KNaO3Se. The van der Waals surface area contributed by atoms with Gasteiger partial charge in [0.05, 0.1) is 0 Å². The summed E-state index contributed by atoms with van der Waals surface area (Å²) in [6.07, 6.45) is 0. The van der Waals surface area contributed by atoms with Gasteiger partial charge in [0.25, 0.3) is 0 Å². The zero-order valence-electron chi connectivity index (χ0n) is 1.71. The Kier molecular flexibility index (Phi) is 28.7. The molecule has 6 heteroatoms. The molecule has 0 aromatic rings. The maximum atomic E-state index is 8.76. The third-order valence-corrected chi connectivity index (χ3v) is 0. The van der Waals surface area contributed by atoms with E-state index in [1.807, 2.05) is 0 Å². The van der Waals surface area contributed by atoms with E-state index in [1.165, 1.54) is 0 Å². The first-order valence-corrected chi connectivity index (χ1v) is 2.76. The summed E-state index contributed by atoms with van der Waals surface area (Å²) in [4.78, 5) is 0. The SMILES string of the molecule is O=[Se](O)O.[KH].[NaH]. The normalized spacial score (nSPS) is 5.83. The predicted octanol–water partition coefficient (Wildman–Crippen LogP) is -2.91. The Bertz CT molecular complexity index is 33.8. The maximum absolute atomic E-state index is 8.76. The van der Waals surface area contributed by atoms with E-state index in [2.05, 4.69) is 0 Å². The van der Waals surface area contributed by atoms with Crippen LogP contribution in [0.25, 0.3) is 0 Å². The quantitative estimate of drug-likeness (QED) is 0.405. The molecule has 30 valence electrons. The molecule has 0 amide bonds. The van der Waals surface area contributed by atoms with Gasteiger partial charge in [-0.15, -0.1) is 0 Å². The van der Waals surface area contributed by atoms with Gasteiger partial charge < -0.3 is 0 Å². The van der Waals surface area contributed by atoms with Crippen LogP contribution in [0.3, 0.4) is 0 Å². The van der Waals surface area contributed by atoms with Crippen LogP contribution in [0.15, 0.2) is 0 Å². The Hall–Kier alpha value is 2.88. The first-order chi connectivity index (χ1) is 1.73. The number of hydrogen-bond acceptors (Lipinski definition) is 1. The standard InChI is InChI=1S/K.Na.H2O3Se.2H/c;;1-4(2)3;;/h;;(H2,1,2,3);;. The number of hydrogen-bond donors (Lipinski definition) is 2. The Balaban J connectivity index is -0.0000000450. The van der Waals surface area contributed by atoms with E-state index in [-0.39, 0.29) is 80.9 Å². The zero-order chi connectivity index (χ0) is 3.58. The van der Waals surface area contributed by atoms with E-state index in [1.54, 1.807) is 0 Å². The van der Waals surface area contributed by atoms with Crippen molar-refractivity contribution in [1.82, 2.24) is 0 Å². The van der Waals surface area contributed by atoms with Crippen LogP contribution < -0.4 is 0 Å².